The number of benzene rings is 1. The number of carbonyl (C=O) groups is 2. The number of ether oxygens (including phenoxy) is 1. The topological polar surface area (TPSA) is 67.4 Å². The summed E-state index contributed by atoms with van der Waals surface area (Å²) < 4.78 is 4.75. The van der Waals surface area contributed by atoms with Crippen LogP contribution in [-0.4, -0.2) is 19.1 Å². The smallest absolute Gasteiger partial charge is 0.337 e. The van der Waals surface area contributed by atoms with Crippen molar-refractivity contribution in [2.45, 2.75) is 13.0 Å². The standard InChI is InChI=1S/C13H12Cl2N2O3/c1-6-10(12(18)20-2)11(17-13(19)16-6)8-4-3-7(14)5-9(8)15/h3-5,11H,1-2H3,(H2,16,17,19)/t11-/m0/s1. The minimum absolute atomic E-state index is 0.302. The Morgan fingerprint density at radius 3 is 2.65 bits per heavy atom. The molecule has 1 aromatic carbocycles. The Morgan fingerprint density at radius 2 is 2.05 bits per heavy atom. The number of allylic oxidation sites excluding steroid dienone is 1. The first-order valence-electron chi connectivity index (χ1n) is 5.75. The lowest BCUT2D eigenvalue weighted by Gasteiger charge is -2.28. The number of carbonyl (C=O) groups excluding carboxylic acids is 2. The molecule has 0 saturated heterocycles. The lowest BCUT2D eigenvalue weighted by molar-refractivity contribution is -0.136. The molecule has 0 aromatic heterocycles. The van der Waals surface area contributed by atoms with E-state index in [1.807, 2.05) is 0 Å². The summed E-state index contributed by atoms with van der Waals surface area (Å²) in [5.74, 6) is -0.536. The Hall–Kier alpha value is -1.72. The molecule has 20 heavy (non-hydrogen) atoms. The van der Waals surface area contributed by atoms with Gasteiger partial charge in [0, 0.05) is 15.7 Å². The molecular formula is C13H12Cl2N2O3. The Bertz CT molecular complexity index is 614. The fourth-order valence-electron chi connectivity index (χ4n) is 2.04. The zero-order chi connectivity index (χ0) is 14.9. The SMILES string of the molecule is COC(=O)C1=C(C)NC(=O)N[C@H]1c1ccc(Cl)cc1Cl. The second kappa shape index (κ2) is 5.73. The summed E-state index contributed by atoms with van der Waals surface area (Å²) in [5.41, 5.74) is 1.30. The molecule has 7 heteroatoms. The molecule has 0 aliphatic carbocycles. The first kappa shape index (κ1) is 14.7. The molecule has 1 atom stereocenters. The third-order valence-corrected chi connectivity index (χ3v) is 3.51. The number of amides is 2. The molecule has 0 bridgehead atoms. The maximum atomic E-state index is 11.9. The molecule has 0 spiro atoms. The molecule has 2 rings (SSSR count). The fourth-order valence-corrected chi connectivity index (χ4v) is 2.56. The van der Waals surface area contributed by atoms with Gasteiger partial charge in [-0.1, -0.05) is 29.3 Å². The Kier molecular flexibility index (Phi) is 4.20. The number of rotatable bonds is 2. The molecule has 2 N–H and O–H groups in total. The van der Waals surface area contributed by atoms with Crippen LogP contribution in [-0.2, 0) is 9.53 Å². The van der Waals surface area contributed by atoms with Crippen molar-refractivity contribution >= 4 is 35.2 Å². The van der Waals surface area contributed by atoms with Crippen LogP contribution in [0.4, 0.5) is 4.79 Å². The number of hydrogen-bond donors (Lipinski definition) is 2. The van der Waals surface area contributed by atoms with Crippen molar-refractivity contribution in [3.63, 3.8) is 0 Å². The van der Waals surface area contributed by atoms with Crippen LogP contribution in [0.3, 0.4) is 0 Å². The first-order chi connectivity index (χ1) is 9.43. The highest BCUT2D eigenvalue weighted by molar-refractivity contribution is 6.35. The van der Waals surface area contributed by atoms with Crippen LogP contribution in [0.1, 0.15) is 18.5 Å². The maximum Gasteiger partial charge on any atom is 0.337 e. The summed E-state index contributed by atoms with van der Waals surface area (Å²) in [4.78, 5) is 23.5. The maximum absolute atomic E-state index is 11.9. The molecule has 1 aliphatic heterocycles. The van der Waals surface area contributed by atoms with Gasteiger partial charge in [0.15, 0.2) is 0 Å². The van der Waals surface area contributed by atoms with Crippen LogP contribution in [0, 0.1) is 0 Å². The molecule has 1 aliphatic rings. The molecule has 2 amide bonds. The Balaban J connectivity index is 2.54. The quantitative estimate of drug-likeness (QED) is 0.825. The summed E-state index contributed by atoms with van der Waals surface area (Å²) in [6.07, 6.45) is 0. The molecular weight excluding hydrogens is 303 g/mol. The minimum atomic E-state index is -0.680. The number of hydrogen-bond acceptors (Lipinski definition) is 3. The zero-order valence-electron chi connectivity index (χ0n) is 10.8. The van der Waals surface area contributed by atoms with Crippen molar-refractivity contribution in [2.24, 2.45) is 0 Å². The Labute approximate surface area is 125 Å². The lowest BCUT2D eigenvalue weighted by Crippen LogP contribution is -2.45. The van der Waals surface area contributed by atoms with E-state index in [9.17, 15) is 9.59 Å². The monoisotopic (exact) mass is 314 g/mol. The van der Waals surface area contributed by atoms with E-state index in [4.69, 9.17) is 27.9 Å². The van der Waals surface area contributed by atoms with E-state index in [-0.39, 0.29) is 0 Å². The van der Waals surface area contributed by atoms with Gasteiger partial charge in [-0.25, -0.2) is 9.59 Å². The summed E-state index contributed by atoms with van der Waals surface area (Å²) in [6, 6.07) is 3.77. The van der Waals surface area contributed by atoms with Crippen molar-refractivity contribution in [1.82, 2.24) is 10.6 Å². The van der Waals surface area contributed by atoms with Gasteiger partial charge >= 0.3 is 12.0 Å². The molecule has 5 nitrogen and oxygen atoms in total. The molecule has 0 fully saturated rings. The number of methoxy groups -OCH3 is 1. The first-order valence-corrected chi connectivity index (χ1v) is 6.51. The number of esters is 1. The van der Waals surface area contributed by atoms with Crippen molar-refractivity contribution in [3.05, 3.63) is 45.1 Å². The average molecular weight is 315 g/mol. The lowest BCUT2D eigenvalue weighted by atomic mass is 9.95. The molecule has 106 valence electrons. The molecule has 1 aromatic rings. The van der Waals surface area contributed by atoms with Gasteiger partial charge in [0.05, 0.1) is 18.7 Å². The number of nitrogens with one attached hydrogen (secondary N) is 2. The predicted octanol–water partition coefficient (Wildman–Crippen LogP) is 2.79. The van der Waals surface area contributed by atoms with E-state index in [0.717, 1.165) is 0 Å². The summed E-state index contributed by atoms with van der Waals surface area (Å²) in [6.45, 7) is 1.63. The molecule has 0 unspecified atom stereocenters. The van der Waals surface area contributed by atoms with E-state index < -0.39 is 18.0 Å². The van der Waals surface area contributed by atoms with Crippen LogP contribution in [0.15, 0.2) is 29.5 Å². The van der Waals surface area contributed by atoms with Gasteiger partial charge < -0.3 is 15.4 Å². The number of urea groups is 1. The van der Waals surface area contributed by atoms with Crippen LogP contribution in [0.25, 0.3) is 0 Å². The van der Waals surface area contributed by atoms with Crippen molar-refractivity contribution in [2.75, 3.05) is 7.11 Å². The number of halogens is 2. The zero-order valence-corrected chi connectivity index (χ0v) is 12.3. The van der Waals surface area contributed by atoms with Crippen molar-refractivity contribution in [1.29, 1.82) is 0 Å². The molecule has 0 radical (unpaired) electrons. The van der Waals surface area contributed by atoms with Gasteiger partial charge in [0.1, 0.15) is 0 Å². The third kappa shape index (κ3) is 2.73. The van der Waals surface area contributed by atoms with Crippen LogP contribution in [0.2, 0.25) is 10.0 Å². The second-order valence-corrected chi connectivity index (χ2v) is 5.07. The van der Waals surface area contributed by atoms with Gasteiger partial charge in [-0.05, 0) is 24.6 Å². The highest BCUT2D eigenvalue weighted by Crippen LogP contribution is 2.33. The second-order valence-electron chi connectivity index (χ2n) is 4.23. The van der Waals surface area contributed by atoms with E-state index in [0.29, 0.717) is 26.9 Å². The van der Waals surface area contributed by atoms with E-state index in [2.05, 4.69) is 10.6 Å². The average Bonchev–Trinajstić information content (AvgIpc) is 2.37. The Morgan fingerprint density at radius 1 is 1.35 bits per heavy atom. The highest BCUT2D eigenvalue weighted by Gasteiger charge is 2.32. The van der Waals surface area contributed by atoms with Gasteiger partial charge in [-0.3, -0.25) is 0 Å². The minimum Gasteiger partial charge on any atom is -0.466 e. The normalized spacial score (nSPS) is 18.4. The van der Waals surface area contributed by atoms with Gasteiger partial charge in [0.25, 0.3) is 0 Å². The van der Waals surface area contributed by atoms with Crippen molar-refractivity contribution < 1.29 is 14.3 Å². The van der Waals surface area contributed by atoms with E-state index in [1.54, 1.807) is 25.1 Å². The third-order valence-electron chi connectivity index (χ3n) is 2.95. The molecule has 1 heterocycles. The molecule has 0 saturated carbocycles. The van der Waals surface area contributed by atoms with E-state index >= 15 is 0 Å². The summed E-state index contributed by atoms with van der Waals surface area (Å²) in [7, 11) is 1.28. The van der Waals surface area contributed by atoms with Crippen LogP contribution < -0.4 is 10.6 Å². The van der Waals surface area contributed by atoms with Crippen molar-refractivity contribution in [3.8, 4) is 0 Å². The van der Waals surface area contributed by atoms with Crippen LogP contribution in [0.5, 0.6) is 0 Å². The summed E-state index contributed by atoms with van der Waals surface area (Å²) >= 11 is 12.0. The predicted molar refractivity (Wildman–Crippen MR) is 75.6 cm³/mol. The van der Waals surface area contributed by atoms with Crippen LogP contribution >= 0.6 is 23.2 Å². The van der Waals surface area contributed by atoms with Gasteiger partial charge in [-0.15, -0.1) is 0 Å². The summed E-state index contributed by atoms with van der Waals surface area (Å²) in [5, 5.41) is 6.02. The van der Waals surface area contributed by atoms with Gasteiger partial charge in [-0.2, -0.15) is 0 Å². The van der Waals surface area contributed by atoms with Gasteiger partial charge in [0.2, 0.25) is 0 Å². The van der Waals surface area contributed by atoms with E-state index in [1.165, 1.54) is 7.11 Å². The largest absolute Gasteiger partial charge is 0.466 e. The highest BCUT2D eigenvalue weighted by atomic mass is 35.5. The fraction of sp³-hybridized carbons (Fsp3) is 0.231.